The fourth-order valence-electron chi connectivity index (χ4n) is 5.07. The highest BCUT2D eigenvalue weighted by Gasteiger charge is 2.27. The molecule has 0 saturated heterocycles. The second-order valence-corrected chi connectivity index (χ2v) is 13.8. The maximum absolute atomic E-state index is 13.5. The molecule has 1 fully saturated rings. The smallest absolute Gasteiger partial charge is 0.254 e. The lowest BCUT2D eigenvalue weighted by Crippen LogP contribution is -2.36. The maximum Gasteiger partial charge on any atom is 0.254 e. The van der Waals surface area contributed by atoms with E-state index in [0.29, 0.717) is 6.61 Å². The quantitative estimate of drug-likeness (QED) is 0.193. The molecule has 194 valence electrons. The zero-order valence-electron chi connectivity index (χ0n) is 20.5. The molecule has 5 rings (SSSR count). The third kappa shape index (κ3) is 6.86. The van der Waals surface area contributed by atoms with Gasteiger partial charge in [-0.05, 0) is 96.5 Å². The van der Waals surface area contributed by atoms with Crippen molar-refractivity contribution < 1.29 is 9.53 Å². The van der Waals surface area contributed by atoms with Crippen molar-refractivity contribution >= 4 is 82.9 Å². The van der Waals surface area contributed by atoms with Crippen LogP contribution in [0, 0.1) is 3.57 Å². The Morgan fingerprint density at radius 1 is 1.05 bits per heavy atom. The highest BCUT2D eigenvalue weighted by atomic mass is 127. The predicted molar refractivity (Wildman–Crippen MR) is 168 cm³/mol. The summed E-state index contributed by atoms with van der Waals surface area (Å²) < 4.78 is 9.31. The van der Waals surface area contributed by atoms with Gasteiger partial charge in [0.05, 0.1) is 9.13 Å². The summed E-state index contributed by atoms with van der Waals surface area (Å²) >= 11 is 11.1. The van der Waals surface area contributed by atoms with Gasteiger partial charge in [0.1, 0.15) is 17.4 Å². The lowest BCUT2D eigenvalue weighted by molar-refractivity contribution is 0.0927. The average Bonchev–Trinajstić information content (AvgIpc) is 3.27. The first-order chi connectivity index (χ1) is 18.0. The fraction of sp³-hybridized carbons (Fsp3) is 0.379. The highest BCUT2D eigenvalue weighted by Crippen LogP contribution is 2.40. The molecule has 2 aliphatic carbocycles. The van der Waals surface area contributed by atoms with Gasteiger partial charge in [-0.3, -0.25) is 4.79 Å². The van der Waals surface area contributed by atoms with E-state index in [-0.39, 0.29) is 11.9 Å². The first-order valence-electron chi connectivity index (χ1n) is 12.8. The Kier molecular flexibility index (Phi) is 9.42. The summed E-state index contributed by atoms with van der Waals surface area (Å²) in [7, 11) is 0. The molecule has 0 unspecified atom stereocenters. The first-order valence-corrected chi connectivity index (χ1v) is 16.3. The van der Waals surface area contributed by atoms with Gasteiger partial charge in [-0.2, -0.15) is 0 Å². The zero-order chi connectivity index (χ0) is 25.8. The SMILES string of the molecule is O=C(NC1CCCCC1)c1c(N=Cc2cc(Br)cc(I)c2OCc2ccc(Br)cc2)sc2c1CCCC2. The summed E-state index contributed by atoms with van der Waals surface area (Å²) in [5.74, 6) is 0.846. The highest BCUT2D eigenvalue weighted by molar-refractivity contribution is 14.1. The van der Waals surface area contributed by atoms with Crippen molar-refractivity contribution in [3.8, 4) is 5.75 Å². The lowest BCUT2D eigenvalue weighted by Gasteiger charge is -2.23. The Morgan fingerprint density at radius 3 is 2.59 bits per heavy atom. The van der Waals surface area contributed by atoms with Gasteiger partial charge in [-0.15, -0.1) is 11.3 Å². The van der Waals surface area contributed by atoms with Crippen LogP contribution < -0.4 is 10.1 Å². The molecule has 1 amide bonds. The molecule has 3 aromatic rings. The van der Waals surface area contributed by atoms with Crippen LogP contribution in [0.2, 0.25) is 0 Å². The Hall–Kier alpha value is -1.23. The molecule has 2 aromatic carbocycles. The van der Waals surface area contributed by atoms with Crippen LogP contribution in [0.15, 0.2) is 50.3 Å². The van der Waals surface area contributed by atoms with Crippen LogP contribution in [-0.4, -0.2) is 18.2 Å². The van der Waals surface area contributed by atoms with Gasteiger partial charge < -0.3 is 10.1 Å². The minimum absolute atomic E-state index is 0.0500. The van der Waals surface area contributed by atoms with Crippen LogP contribution in [-0.2, 0) is 19.4 Å². The number of hydrogen-bond donors (Lipinski definition) is 1. The third-order valence-electron chi connectivity index (χ3n) is 6.97. The molecule has 2 aliphatic rings. The first kappa shape index (κ1) is 27.3. The number of halogens is 3. The Morgan fingerprint density at radius 2 is 1.81 bits per heavy atom. The van der Waals surface area contributed by atoms with E-state index in [1.54, 1.807) is 11.3 Å². The Balaban J connectivity index is 1.43. The van der Waals surface area contributed by atoms with Crippen LogP contribution in [0.3, 0.4) is 0 Å². The molecular formula is C29H29Br2IN2O2S. The number of amides is 1. The number of nitrogens with zero attached hydrogens (tertiary/aromatic N) is 1. The number of aliphatic imine (C=N–C) groups is 1. The molecule has 1 aromatic heterocycles. The van der Waals surface area contributed by atoms with Crippen molar-refractivity contribution in [3.63, 3.8) is 0 Å². The number of rotatable bonds is 7. The number of ether oxygens (including phenoxy) is 1. The molecule has 1 saturated carbocycles. The summed E-state index contributed by atoms with van der Waals surface area (Å²) in [5, 5.41) is 4.15. The fourth-order valence-corrected chi connectivity index (χ4v) is 8.27. The number of carbonyl (C=O) groups is 1. The van der Waals surface area contributed by atoms with E-state index in [1.165, 1.54) is 36.1 Å². The second-order valence-electron chi connectivity index (χ2n) is 9.68. The molecule has 0 spiro atoms. The van der Waals surface area contributed by atoms with E-state index in [4.69, 9.17) is 9.73 Å². The van der Waals surface area contributed by atoms with Gasteiger partial charge in [0.25, 0.3) is 5.91 Å². The molecule has 37 heavy (non-hydrogen) atoms. The van der Waals surface area contributed by atoms with E-state index in [0.717, 1.165) is 72.1 Å². The molecule has 0 atom stereocenters. The third-order valence-corrected chi connectivity index (χ3v) is 9.96. The van der Waals surface area contributed by atoms with Crippen molar-refractivity contribution in [1.29, 1.82) is 0 Å². The number of benzene rings is 2. The lowest BCUT2D eigenvalue weighted by atomic mass is 9.93. The normalized spacial score (nSPS) is 16.1. The van der Waals surface area contributed by atoms with Crippen molar-refractivity contribution in [2.75, 3.05) is 0 Å². The minimum Gasteiger partial charge on any atom is -0.487 e. The van der Waals surface area contributed by atoms with E-state index in [2.05, 4.69) is 71.9 Å². The molecule has 1 heterocycles. The number of nitrogens with one attached hydrogen (secondary N) is 1. The summed E-state index contributed by atoms with van der Waals surface area (Å²) in [6.07, 6.45) is 12.0. The number of carbonyl (C=O) groups excluding carboxylic acids is 1. The number of hydrogen-bond acceptors (Lipinski definition) is 4. The zero-order valence-corrected chi connectivity index (χ0v) is 26.6. The van der Waals surface area contributed by atoms with Crippen molar-refractivity contribution in [2.45, 2.75) is 70.4 Å². The molecule has 0 radical (unpaired) electrons. The minimum atomic E-state index is 0.0500. The van der Waals surface area contributed by atoms with Crippen LogP contribution in [0.1, 0.15) is 76.9 Å². The maximum atomic E-state index is 13.5. The van der Waals surface area contributed by atoms with Crippen molar-refractivity contribution in [1.82, 2.24) is 5.32 Å². The standard InChI is InChI=1S/C29H29Br2IN2O2S/c30-20-12-10-18(11-13-20)17-36-27-19(14-21(31)15-24(27)32)16-33-29-26(23-8-4-5-9-25(23)37-29)28(35)34-22-6-2-1-3-7-22/h10-16,22H,1-9,17H2,(H,34,35). The van der Waals surface area contributed by atoms with Crippen molar-refractivity contribution in [3.05, 3.63) is 76.0 Å². The van der Waals surface area contributed by atoms with Gasteiger partial charge >= 0.3 is 0 Å². The molecule has 0 aliphatic heterocycles. The topological polar surface area (TPSA) is 50.7 Å². The van der Waals surface area contributed by atoms with Gasteiger partial charge in [0.15, 0.2) is 0 Å². The summed E-state index contributed by atoms with van der Waals surface area (Å²) in [6.45, 7) is 0.466. The summed E-state index contributed by atoms with van der Waals surface area (Å²) in [4.78, 5) is 19.8. The largest absolute Gasteiger partial charge is 0.487 e. The summed E-state index contributed by atoms with van der Waals surface area (Å²) in [6, 6.07) is 12.5. The number of fused-ring (bicyclic) bond motifs is 1. The summed E-state index contributed by atoms with van der Waals surface area (Å²) in [5.41, 5.74) is 3.99. The Labute approximate surface area is 253 Å². The van der Waals surface area contributed by atoms with Gasteiger partial charge in [0, 0.05) is 31.6 Å². The Bertz CT molecular complexity index is 1300. The van der Waals surface area contributed by atoms with Crippen LogP contribution in [0.25, 0.3) is 0 Å². The van der Waals surface area contributed by atoms with E-state index >= 15 is 0 Å². The van der Waals surface area contributed by atoms with E-state index < -0.39 is 0 Å². The number of aryl methyl sites for hydroxylation is 1. The van der Waals surface area contributed by atoms with Gasteiger partial charge in [-0.25, -0.2) is 4.99 Å². The average molecular weight is 756 g/mol. The number of thiophene rings is 1. The van der Waals surface area contributed by atoms with Crippen molar-refractivity contribution in [2.24, 2.45) is 4.99 Å². The second kappa shape index (κ2) is 12.7. The predicted octanol–water partition coefficient (Wildman–Crippen LogP) is 9.15. The van der Waals surface area contributed by atoms with Crippen LogP contribution in [0.5, 0.6) is 5.75 Å². The van der Waals surface area contributed by atoms with Crippen LogP contribution >= 0.6 is 65.8 Å². The van der Waals surface area contributed by atoms with Gasteiger partial charge in [0.2, 0.25) is 0 Å². The molecule has 0 bridgehead atoms. The van der Waals surface area contributed by atoms with E-state index in [9.17, 15) is 4.79 Å². The molecule has 8 heteroatoms. The molecule has 4 nitrogen and oxygen atoms in total. The van der Waals surface area contributed by atoms with Gasteiger partial charge in [-0.1, -0.05) is 63.3 Å². The van der Waals surface area contributed by atoms with E-state index in [1.807, 2.05) is 30.5 Å². The molecular weight excluding hydrogens is 727 g/mol. The van der Waals surface area contributed by atoms with Crippen LogP contribution in [0.4, 0.5) is 5.00 Å². The monoisotopic (exact) mass is 754 g/mol. The molecule has 1 N–H and O–H groups in total.